The van der Waals surface area contributed by atoms with Gasteiger partial charge in [0.15, 0.2) is 0 Å². The van der Waals surface area contributed by atoms with Crippen LogP contribution >= 0.6 is 0 Å². The fraction of sp³-hybridized carbons (Fsp3) is 0.611. The topological polar surface area (TPSA) is 70.0 Å². The summed E-state index contributed by atoms with van der Waals surface area (Å²) in [7, 11) is 0. The van der Waals surface area contributed by atoms with Crippen molar-refractivity contribution < 1.29 is 24.1 Å². The first-order valence-electron chi connectivity index (χ1n) is 8.52. The number of hydrogen-bond acceptors (Lipinski definition) is 4. The second kappa shape index (κ2) is 7.17. The van der Waals surface area contributed by atoms with Crippen molar-refractivity contribution in [2.24, 2.45) is 0 Å². The van der Waals surface area contributed by atoms with Gasteiger partial charge in [0, 0.05) is 19.5 Å². The molecule has 132 valence electrons. The van der Waals surface area contributed by atoms with Crippen LogP contribution in [0, 0.1) is 5.82 Å². The monoisotopic (exact) mass is 337 g/mol. The minimum absolute atomic E-state index is 0.0556. The SMILES string of the molecule is O=C(CCc1ccc(F)cc1)N1CCC2(CC1)OCC[C@H](O)[C@@H]2O. The molecule has 2 fully saturated rings. The Hall–Kier alpha value is -1.50. The highest BCUT2D eigenvalue weighted by Gasteiger charge is 2.47. The molecule has 1 amide bonds. The van der Waals surface area contributed by atoms with Crippen LogP contribution in [0.3, 0.4) is 0 Å². The summed E-state index contributed by atoms with van der Waals surface area (Å²) in [6.07, 6.45) is 0.843. The van der Waals surface area contributed by atoms with E-state index in [9.17, 15) is 19.4 Å². The maximum atomic E-state index is 12.9. The quantitative estimate of drug-likeness (QED) is 0.871. The number of rotatable bonds is 3. The number of piperidine rings is 1. The molecule has 0 bridgehead atoms. The Bertz CT molecular complexity index is 569. The van der Waals surface area contributed by atoms with Gasteiger partial charge < -0.3 is 19.8 Å². The summed E-state index contributed by atoms with van der Waals surface area (Å²) in [4.78, 5) is 14.1. The van der Waals surface area contributed by atoms with Crippen molar-refractivity contribution in [2.45, 2.75) is 49.9 Å². The zero-order chi connectivity index (χ0) is 17.2. The minimum Gasteiger partial charge on any atom is -0.390 e. The highest BCUT2D eigenvalue weighted by molar-refractivity contribution is 5.76. The first-order valence-corrected chi connectivity index (χ1v) is 8.52. The summed E-state index contributed by atoms with van der Waals surface area (Å²) in [6, 6.07) is 6.19. The van der Waals surface area contributed by atoms with E-state index in [2.05, 4.69) is 0 Å². The van der Waals surface area contributed by atoms with Gasteiger partial charge in [-0.25, -0.2) is 4.39 Å². The second-order valence-electron chi connectivity index (χ2n) is 6.72. The molecule has 2 aliphatic heterocycles. The van der Waals surface area contributed by atoms with Crippen LogP contribution in [0.5, 0.6) is 0 Å². The number of aryl methyl sites for hydroxylation is 1. The third kappa shape index (κ3) is 3.61. The lowest BCUT2D eigenvalue weighted by Crippen LogP contribution is -2.60. The zero-order valence-electron chi connectivity index (χ0n) is 13.7. The highest BCUT2D eigenvalue weighted by atomic mass is 19.1. The van der Waals surface area contributed by atoms with E-state index >= 15 is 0 Å². The number of ether oxygens (including phenoxy) is 1. The number of halogens is 1. The van der Waals surface area contributed by atoms with E-state index in [1.165, 1.54) is 12.1 Å². The first-order chi connectivity index (χ1) is 11.5. The molecule has 1 aromatic carbocycles. The average molecular weight is 337 g/mol. The second-order valence-corrected chi connectivity index (χ2v) is 6.72. The van der Waals surface area contributed by atoms with Gasteiger partial charge in [-0.2, -0.15) is 0 Å². The molecule has 0 saturated carbocycles. The van der Waals surface area contributed by atoms with Crippen LogP contribution in [-0.4, -0.2) is 58.5 Å². The fourth-order valence-electron chi connectivity index (χ4n) is 3.61. The number of aliphatic hydroxyl groups excluding tert-OH is 2. The molecule has 0 aromatic heterocycles. The van der Waals surface area contributed by atoms with Gasteiger partial charge in [-0.1, -0.05) is 12.1 Å². The summed E-state index contributed by atoms with van der Waals surface area (Å²) in [5, 5.41) is 20.1. The molecule has 2 aliphatic rings. The largest absolute Gasteiger partial charge is 0.390 e. The molecule has 3 rings (SSSR count). The van der Waals surface area contributed by atoms with Gasteiger partial charge in [0.05, 0.1) is 18.3 Å². The number of nitrogens with zero attached hydrogens (tertiary/aromatic N) is 1. The van der Waals surface area contributed by atoms with Crippen molar-refractivity contribution in [1.29, 1.82) is 0 Å². The predicted molar refractivity (Wildman–Crippen MR) is 85.8 cm³/mol. The number of carbonyl (C=O) groups is 1. The number of aliphatic hydroxyl groups is 2. The van der Waals surface area contributed by atoms with E-state index in [-0.39, 0.29) is 11.7 Å². The standard InChI is InChI=1S/C18H24FNO4/c19-14-4-1-13(2-5-14)3-6-16(22)20-10-8-18(9-11-20)17(23)15(21)7-12-24-18/h1-2,4-5,15,17,21,23H,3,6-12H2/t15-,17-/m0/s1. The first kappa shape index (κ1) is 17.3. The lowest BCUT2D eigenvalue weighted by Gasteiger charge is -2.48. The predicted octanol–water partition coefficient (Wildman–Crippen LogP) is 1.26. The molecule has 2 heterocycles. The van der Waals surface area contributed by atoms with E-state index in [1.54, 1.807) is 17.0 Å². The number of amides is 1. The molecular weight excluding hydrogens is 313 g/mol. The van der Waals surface area contributed by atoms with Crippen LogP contribution in [-0.2, 0) is 16.0 Å². The smallest absolute Gasteiger partial charge is 0.222 e. The maximum absolute atomic E-state index is 12.9. The molecule has 1 spiro atoms. The summed E-state index contributed by atoms with van der Waals surface area (Å²) >= 11 is 0. The van der Waals surface area contributed by atoms with Gasteiger partial charge >= 0.3 is 0 Å². The van der Waals surface area contributed by atoms with E-state index < -0.39 is 17.8 Å². The minimum atomic E-state index is -0.886. The van der Waals surface area contributed by atoms with E-state index in [0.29, 0.717) is 51.8 Å². The Morgan fingerprint density at radius 2 is 1.92 bits per heavy atom. The molecule has 2 N–H and O–H groups in total. The fourth-order valence-corrected chi connectivity index (χ4v) is 3.61. The van der Waals surface area contributed by atoms with Crippen LogP contribution in [0.15, 0.2) is 24.3 Å². The Labute approximate surface area is 141 Å². The van der Waals surface area contributed by atoms with E-state index in [0.717, 1.165) is 5.56 Å². The summed E-state index contributed by atoms with van der Waals surface area (Å²) in [6.45, 7) is 1.48. The molecule has 24 heavy (non-hydrogen) atoms. The van der Waals surface area contributed by atoms with Crippen molar-refractivity contribution in [3.8, 4) is 0 Å². The molecule has 2 saturated heterocycles. The van der Waals surface area contributed by atoms with Crippen molar-refractivity contribution in [3.05, 3.63) is 35.6 Å². The lowest BCUT2D eigenvalue weighted by atomic mass is 9.80. The van der Waals surface area contributed by atoms with Crippen molar-refractivity contribution in [2.75, 3.05) is 19.7 Å². The van der Waals surface area contributed by atoms with Crippen LogP contribution in [0.1, 0.15) is 31.2 Å². The third-order valence-corrected chi connectivity index (χ3v) is 5.21. The Balaban J connectivity index is 1.50. The van der Waals surface area contributed by atoms with Gasteiger partial charge in [-0.05, 0) is 43.4 Å². The van der Waals surface area contributed by atoms with Crippen LogP contribution < -0.4 is 0 Å². The molecular formula is C18H24FNO4. The van der Waals surface area contributed by atoms with E-state index in [1.807, 2.05) is 0 Å². The van der Waals surface area contributed by atoms with Gasteiger partial charge in [0.2, 0.25) is 5.91 Å². The summed E-state index contributed by atoms with van der Waals surface area (Å²) in [5.41, 5.74) is 0.221. The molecule has 0 aliphatic carbocycles. The number of likely N-dealkylation sites (tertiary alicyclic amines) is 1. The van der Waals surface area contributed by atoms with Crippen LogP contribution in [0.4, 0.5) is 4.39 Å². The van der Waals surface area contributed by atoms with Crippen molar-refractivity contribution >= 4 is 5.91 Å². The molecule has 1 aromatic rings. The molecule has 5 nitrogen and oxygen atoms in total. The summed E-state index contributed by atoms with van der Waals surface area (Å²) < 4.78 is 18.7. The number of benzene rings is 1. The number of carbonyl (C=O) groups excluding carboxylic acids is 1. The lowest BCUT2D eigenvalue weighted by molar-refractivity contribution is -0.214. The average Bonchev–Trinajstić information content (AvgIpc) is 2.59. The molecule has 0 unspecified atom stereocenters. The Morgan fingerprint density at radius 3 is 2.58 bits per heavy atom. The third-order valence-electron chi connectivity index (χ3n) is 5.21. The van der Waals surface area contributed by atoms with Gasteiger partial charge in [-0.15, -0.1) is 0 Å². The normalized spacial score (nSPS) is 26.5. The molecule has 6 heteroatoms. The number of hydrogen-bond donors (Lipinski definition) is 2. The van der Waals surface area contributed by atoms with Crippen molar-refractivity contribution in [1.82, 2.24) is 4.90 Å². The van der Waals surface area contributed by atoms with Crippen LogP contribution in [0.25, 0.3) is 0 Å². The summed E-state index contributed by atoms with van der Waals surface area (Å²) in [5.74, 6) is -0.223. The molecule has 2 atom stereocenters. The Kier molecular flexibility index (Phi) is 5.18. The Morgan fingerprint density at radius 1 is 1.25 bits per heavy atom. The molecule has 0 radical (unpaired) electrons. The van der Waals surface area contributed by atoms with E-state index in [4.69, 9.17) is 4.74 Å². The van der Waals surface area contributed by atoms with Gasteiger partial charge in [0.25, 0.3) is 0 Å². The highest BCUT2D eigenvalue weighted by Crippen LogP contribution is 2.35. The zero-order valence-corrected chi connectivity index (χ0v) is 13.7. The van der Waals surface area contributed by atoms with Gasteiger partial charge in [-0.3, -0.25) is 4.79 Å². The maximum Gasteiger partial charge on any atom is 0.222 e. The van der Waals surface area contributed by atoms with Crippen molar-refractivity contribution in [3.63, 3.8) is 0 Å². The van der Waals surface area contributed by atoms with Gasteiger partial charge in [0.1, 0.15) is 11.9 Å². The van der Waals surface area contributed by atoms with Crippen LogP contribution in [0.2, 0.25) is 0 Å².